The summed E-state index contributed by atoms with van der Waals surface area (Å²) >= 11 is 1.63. The van der Waals surface area contributed by atoms with Crippen LogP contribution in [0.4, 0.5) is 0 Å². The molecule has 1 saturated carbocycles. The second-order valence-corrected chi connectivity index (χ2v) is 5.83. The van der Waals surface area contributed by atoms with Crippen LogP contribution in [0.2, 0.25) is 0 Å². The molecule has 0 saturated heterocycles. The molecule has 2 rings (SSSR count). The van der Waals surface area contributed by atoms with Crippen molar-refractivity contribution >= 4 is 11.3 Å². The Labute approximate surface area is 101 Å². The van der Waals surface area contributed by atoms with Gasteiger partial charge in [-0.25, -0.2) is 4.98 Å². The molecule has 0 aromatic carbocycles. The summed E-state index contributed by atoms with van der Waals surface area (Å²) < 4.78 is 0. The first-order valence-electron chi connectivity index (χ1n) is 5.89. The normalized spacial score (nSPS) is 21.5. The first-order valence-corrected chi connectivity index (χ1v) is 6.77. The van der Waals surface area contributed by atoms with Crippen molar-refractivity contribution in [1.29, 1.82) is 0 Å². The van der Waals surface area contributed by atoms with Gasteiger partial charge >= 0.3 is 0 Å². The monoisotopic (exact) mass is 240 g/mol. The van der Waals surface area contributed by atoms with Gasteiger partial charge in [-0.1, -0.05) is 12.8 Å². The van der Waals surface area contributed by atoms with E-state index in [1.807, 2.05) is 11.6 Å². The first kappa shape index (κ1) is 12.0. The van der Waals surface area contributed by atoms with Crippen molar-refractivity contribution in [3.8, 4) is 0 Å². The van der Waals surface area contributed by atoms with Crippen molar-refractivity contribution in [1.82, 2.24) is 9.88 Å². The second-order valence-electron chi connectivity index (χ2n) is 4.85. The van der Waals surface area contributed by atoms with Gasteiger partial charge in [0.1, 0.15) is 0 Å². The summed E-state index contributed by atoms with van der Waals surface area (Å²) in [7, 11) is 4.16. The fourth-order valence-electron chi connectivity index (χ4n) is 2.77. The fourth-order valence-corrected chi connectivity index (χ4v) is 3.43. The molecule has 1 aromatic rings. The topological polar surface area (TPSA) is 36.4 Å². The van der Waals surface area contributed by atoms with Crippen LogP contribution in [0, 0.1) is 0 Å². The van der Waals surface area contributed by atoms with E-state index in [0.717, 1.165) is 17.8 Å². The number of rotatable bonds is 4. The van der Waals surface area contributed by atoms with Gasteiger partial charge in [0, 0.05) is 23.5 Å². The van der Waals surface area contributed by atoms with E-state index in [9.17, 15) is 5.11 Å². The van der Waals surface area contributed by atoms with E-state index in [-0.39, 0.29) is 11.6 Å². The zero-order chi connectivity index (χ0) is 11.6. The number of nitrogens with zero attached hydrogens (tertiary/aromatic N) is 2. The smallest absolute Gasteiger partial charge is 0.0951 e. The van der Waals surface area contributed by atoms with Crippen molar-refractivity contribution in [3.63, 3.8) is 0 Å². The van der Waals surface area contributed by atoms with Gasteiger partial charge in [0.15, 0.2) is 0 Å². The van der Waals surface area contributed by atoms with Crippen molar-refractivity contribution in [2.45, 2.75) is 43.7 Å². The van der Waals surface area contributed by atoms with Crippen LogP contribution in [-0.4, -0.2) is 40.7 Å². The molecule has 0 aliphatic heterocycles. The quantitative estimate of drug-likeness (QED) is 0.873. The van der Waals surface area contributed by atoms with E-state index >= 15 is 0 Å². The third-order valence-electron chi connectivity index (χ3n) is 3.83. The van der Waals surface area contributed by atoms with Crippen molar-refractivity contribution in [3.05, 3.63) is 16.6 Å². The Morgan fingerprint density at radius 1 is 1.50 bits per heavy atom. The van der Waals surface area contributed by atoms with Crippen LogP contribution in [0.25, 0.3) is 0 Å². The average molecular weight is 240 g/mol. The van der Waals surface area contributed by atoms with E-state index in [0.29, 0.717) is 6.42 Å². The molecule has 0 amide bonds. The Hall–Kier alpha value is -0.450. The molecule has 4 heteroatoms. The minimum absolute atomic E-state index is 0.0222. The van der Waals surface area contributed by atoms with Crippen molar-refractivity contribution < 1.29 is 5.11 Å². The highest BCUT2D eigenvalue weighted by Gasteiger charge is 2.42. The Kier molecular flexibility index (Phi) is 3.62. The molecule has 1 aromatic heterocycles. The zero-order valence-electron chi connectivity index (χ0n) is 10.0. The SMILES string of the molecule is CN(C)C1(C(O)Cc2nccs2)CCCC1. The standard InChI is InChI=1S/C12H20N2OS/c1-14(2)12(5-3-4-6-12)10(15)9-11-13-7-8-16-11/h7-8,10,15H,3-6,9H2,1-2H3. The van der Waals surface area contributed by atoms with Crippen LogP contribution in [0.5, 0.6) is 0 Å². The Bertz CT molecular complexity index is 318. The van der Waals surface area contributed by atoms with Gasteiger partial charge in [0.05, 0.1) is 11.1 Å². The number of likely N-dealkylation sites (N-methyl/N-ethyl adjacent to an activating group) is 1. The third-order valence-corrected chi connectivity index (χ3v) is 4.63. The maximum Gasteiger partial charge on any atom is 0.0951 e. The molecular formula is C12H20N2OS. The van der Waals surface area contributed by atoms with Crippen LogP contribution < -0.4 is 0 Å². The lowest BCUT2D eigenvalue weighted by Crippen LogP contribution is -2.52. The summed E-state index contributed by atoms with van der Waals surface area (Å²) in [6.45, 7) is 0. The Balaban J connectivity index is 2.08. The molecule has 1 heterocycles. The largest absolute Gasteiger partial charge is 0.391 e. The Morgan fingerprint density at radius 3 is 2.69 bits per heavy atom. The molecule has 1 atom stereocenters. The molecule has 90 valence electrons. The molecule has 1 aliphatic rings. The van der Waals surface area contributed by atoms with Crippen LogP contribution >= 0.6 is 11.3 Å². The maximum atomic E-state index is 10.5. The predicted octanol–water partition coefficient (Wildman–Crippen LogP) is 1.92. The lowest BCUT2D eigenvalue weighted by molar-refractivity contribution is -0.00252. The Morgan fingerprint density at radius 2 is 2.19 bits per heavy atom. The fraction of sp³-hybridized carbons (Fsp3) is 0.750. The van der Waals surface area contributed by atoms with Gasteiger partial charge in [0.25, 0.3) is 0 Å². The van der Waals surface area contributed by atoms with Gasteiger partial charge in [-0.05, 0) is 26.9 Å². The number of aliphatic hydroxyl groups excluding tert-OH is 1. The molecular weight excluding hydrogens is 220 g/mol. The summed E-state index contributed by atoms with van der Waals surface area (Å²) in [6.07, 6.45) is 6.87. The van der Waals surface area contributed by atoms with Crippen molar-refractivity contribution in [2.24, 2.45) is 0 Å². The average Bonchev–Trinajstić information content (AvgIpc) is 2.87. The van der Waals surface area contributed by atoms with Crippen LogP contribution in [-0.2, 0) is 6.42 Å². The molecule has 0 bridgehead atoms. The van der Waals surface area contributed by atoms with E-state index in [1.165, 1.54) is 12.8 Å². The summed E-state index contributed by atoms with van der Waals surface area (Å²) in [5, 5.41) is 13.5. The highest BCUT2D eigenvalue weighted by Crippen LogP contribution is 2.37. The van der Waals surface area contributed by atoms with Crippen LogP contribution in [0.1, 0.15) is 30.7 Å². The van der Waals surface area contributed by atoms with Gasteiger partial charge in [-0.3, -0.25) is 0 Å². The van der Waals surface area contributed by atoms with Crippen molar-refractivity contribution in [2.75, 3.05) is 14.1 Å². The van der Waals surface area contributed by atoms with Crippen LogP contribution in [0.15, 0.2) is 11.6 Å². The van der Waals surface area contributed by atoms with E-state index < -0.39 is 0 Å². The third kappa shape index (κ3) is 2.14. The van der Waals surface area contributed by atoms with Crippen LogP contribution in [0.3, 0.4) is 0 Å². The molecule has 0 spiro atoms. The van der Waals surface area contributed by atoms with Gasteiger partial charge in [-0.15, -0.1) is 11.3 Å². The lowest BCUT2D eigenvalue weighted by Gasteiger charge is -2.40. The summed E-state index contributed by atoms with van der Waals surface area (Å²) in [5.74, 6) is 0. The summed E-state index contributed by atoms with van der Waals surface area (Å²) in [6, 6.07) is 0. The molecule has 16 heavy (non-hydrogen) atoms. The second kappa shape index (κ2) is 4.82. The number of thiazole rings is 1. The maximum absolute atomic E-state index is 10.5. The first-order chi connectivity index (χ1) is 7.65. The minimum Gasteiger partial charge on any atom is -0.391 e. The number of hydrogen-bond acceptors (Lipinski definition) is 4. The lowest BCUT2D eigenvalue weighted by atomic mass is 9.87. The predicted molar refractivity (Wildman–Crippen MR) is 66.7 cm³/mol. The number of aromatic nitrogens is 1. The van der Waals surface area contributed by atoms with Gasteiger partial charge in [-0.2, -0.15) is 0 Å². The molecule has 3 nitrogen and oxygen atoms in total. The molecule has 1 unspecified atom stereocenters. The number of aliphatic hydroxyl groups is 1. The molecule has 1 fully saturated rings. The van der Waals surface area contributed by atoms with E-state index in [1.54, 1.807) is 11.3 Å². The van der Waals surface area contributed by atoms with E-state index in [4.69, 9.17) is 0 Å². The highest BCUT2D eigenvalue weighted by atomic mass is 32.1. The van der Waals surface area contributed by atoms with E-state index in [2.05, 4.69) is 24.0 Å². The highest BCUT2D eigenvalue weighted by molar-refractivity contribution is 7.09. The molecule has 1 N–H and O–H groups in total. The van der Waals surface area contributed by atoms with Gasteiger partial charge < -0.3 is 10.0 Å². The summed E-state index contributed by atoms with van der Waals surface area (Å²) in [5.41, 5.74) is -0.0222. The molecule has 1 aliphatic carbocycles. The number of hydrogen-bond donors (Lipinski definition) is 1. The minimum atomic E-state index is -0.295. The van der Waals surface area contributed by atoms with Gasteiger partial charge in [0.2, 0.25) is 0 Å². The summed E-state index contributed by atoms with van der Waals surface area (Å²) in [4.78, 5) is 6.46. The molecule has 0 radical (unpaired) electrons. The zero-order valence-corrected chi connectivity index (χ0v) is 10.8.